The maximum atomic E-state index is 13.2. The Labute approximate surface area is 181 Å². The van der Waals surface area contributed by atoms with Crippen LogP contribution in [-0.2, 0) is 11.8 Å². The lowest BCUT2D eigenvalue weighted by atomic mass is 9.60. The maximum absolute atomic E-state index is 13.2. The van der Waals surface area contributed by atoms with Crippen LogP contribution in [0.15, 0.2) is 18.2 Å². The van der Waals surface area contributed by atoms with Gasteiger partial charge in [0.25, 0.3) is 5.91 Å². The zero-order valence-corrected chi connectivity index (χ0v) is 18.3. The van der Waals surface area contributed by atoms with E-state index in [9.17, 15) is 9.59 Å². The topological polar surface area (TPSA) is 94.5 Å². The van der Waals surface area contributed by atoms with Crippen LogP contribution in [0, 0.1) is 31.6 Å². The minimum atomic E-state index is -0.754. The van der Waals surface area contributed by atoms with E-state index in [0.717, 1.165) is 29.9 Å². The number of hydrogen-bond donors (Lipinski definition) is 2. The minimum Gasteiger partial charge on any atom is -0.497 e. The predicted molar refractivity (Wildman–Crippen MR) is 114 cm³/mol. The monoisotopic (exact) mass is 424 g/mol. The van der Waals surface area contributed by atoms with Crippen molar-refractivity contribution in [1.29, 1.82) is 0 Å². The van der Waals surface area contributed by atoms with E-state index in [1.54, 1.807) is 30.0 Å². The molecular weight excluding hydrogens is 396 g/mol. The van der Waals surface area contributed by atoms with Gasteiger partial charge in [0.1, 0.15) is 11.5 Å². The molecule has 1 aromatic carbocycles. The lowest BCUT2D eigenvalue weighted by molar-refractivity contribution is -0.142. The van der Waals surface area contributed by atoms with E-state index < -0.39 is 5.72 Å². The summed E-state index contributed by atoms with van der Waals surface area (Å²) in [6, 6.07) is 5.26. The number of fused-ring (bicyclic) bond motifs is 3. The zero-order chi connectivity index (χ0) is 21.9. The number of hydrogen-bond acceptors (Lipinski definition) is 5. The zero-order valence-electron chi connectivity index (χ0n) is 18.3. The number of amides is 2. The Morgan fingerprint density at radius 3 is 2.81 bits per heavy atom. The fourth-order valence-electron chi connectivity index (χ4n) is 5.61. The average molecular weight is 425 g/mol. The fourth-order valence-corrected chi connectivity index (χ4v) is 5.61. The van der Waals surface area contributed by atoms with Crippen LogP contribution >= 0.6 is 0 Å². The Bertz CT molecular complexity index is 1080. The average Bonchev–Trinajstić information content (AvgIpc) is 2.99. The van der Waals surface area contributed by atoms with Gasteiger partial charge in [-0.1, -0.05) is 0 Å². The minimum absolute atomic E-state index is 0.0351. The van der Waals surface area contributed by atoms with Gasteiger partial charge in [0, 0.05) is 31.4 Å². The van der Waals surface area contributed by atoms with Crippen LogP contribution in [0.3, 0.4) is 0 Å². The number of carbonyl (C=O) groups is 2. The molecule has 1 aromatic heterocycles. The highest BCUT2D eigenvalue weighted by Crippen LogP contribution is 2.53. The molecule has 31 heavy (non-hydrogen) atoms. The van der Waals surface area contributed by atoms with Crippen LogP contribution in [0.2, 0.25) is 0 Å². The van der Waals surface area contributed by atoms with Crippen molar-refractivity contribution in [2.45, 2.75) is 45.3 Å². The second-order valence-corrected chi connectivity index (χ2v) is 9.05. The molecule has 4 aliphatic rings. The SMILES string of the molecule is COc1ccc2c(c1)O[C@]1(C[C@H]3CC[C@H]1C[C@@H]3C(=O)Nc1c(C)nn(C)c1C)NC2=O. The van der Waals surface area contributed by atoms with Gasteiger partial charge in [0.05, 0.1) is 29.7 Å². The molecule has 2 aromatic rings. The summed E-state index contributed by atoms with van der Waals surface area (Å²) in [6.07, 6.45) is 3.20. The molecule has 4 atom stereocenters. The Morgan fingerprint density at radius 1 is 1.35 bits per heavy atom. The highest BCUT2D eigenvalue weighted by molar-refractivity contribution is 5.99. The smallest absolute Gasteiger partial charge is 0.258 e. The van der Waals surface area contributed by atoms with Gasteiger partial charge in [-0.15, -0.1) is 0 Å². The molecule has 1 aliphatic heterocycles. The van der Waals surface area contributed by atoms with Crippen LogP contribution in [0.1, 0.15) is 47.4 Å². The number of benzene rings is 1. The summed E-state index contributed by atoms with van der Waals surface area (Å²) < 4.78 is 13.5. The number of ether oxygens (including phenoxy) is 2. The third-order valence-electron chi connectivity index (χ3n) is 7.36. The summed E-state index contributed by atoms with van der Waals surface area (Å²) in [5.41, 5.74) is 2.32. The summed E-state index contributed by atoms with van der Waals surface area (Å²) in [5, 5.41) is 10.7. The number of nitrogens with zero attached hydrogens (tertiary/aromatic N) is 2. The lowest BCUT2D eigenvalue weighted by Gasteiger charge is -2.55. The lowest BCUT2D eigenvalue weighted by Crippen LogP contribution is -2.66. The first-order valence-corrected chi connectivity index (χ1v) is 10.8. The number of aromatic nitrogens is 2. The van der Waals surface area contributed by atoms with Crippen molar-refractivity contribution in [3.8, 4) is 11.5 Å². The van der Waals surface area contributed by atoms with Crippen LogP contribution in [0.25, 0.3) is 0 Å². The molecule has 164 valence electrons. The molecule has 2 amide bonds. The molecule has 3 saturated carbocycles. The molecule has 3 fully saturated rings. The van der Waals surface area contributed by atoms with Gasteiger partial charge in [-0.05, 0) is 51.2 Å². The molecule has 0 unspecified atom stereocenters. The predicted octanol–water partition coefficient (Wildman–Crippen LogP) is 2.94. The molecule has 2 N–H and O–H groups in total. The quantitative estimate of drug-likeness (QED) is 0.790. The Balaban J connectivity index is 1.37. The van der Waals surface area contributed by atoms with E-state index in [1.165, 1.54) is 0 Å². The number of methoxy groups -OCH3 is 1. The highest BCUT2D eigenvalue weighted by atomic mass is 16.5. The molecule has 2 bridgehead atoms. The molecule has 8 nitrogen and oxygen atoms in total. The molecular formula is C23H28N4O4. The van der Waals surface area contributed by atoms with Crippen molar-refractivity contribution in [2.75, 3.05) is 12.4 Å². The molecule has 0 radical (unpaired) electrons. The number of rotatable bonds is 3. The fraction of sp³-hybridized carbons (Fsp3) is 0.522. The van der Waals surface area contributed by atoms with Crippen molar-refractivity contribution in [1.82, 2.24) is 15.1 Å². The molecule has 1 spiro atoms. The van der Waals surface area contributed by atoms with Crippen molar-refractivity contribution in [3.63, 3.8) is 0 Å². The largest absolute Gasteiger partial charge is 0.497 e. The molecule has 3 aliphatic carbocycles. The number of aryl methyl sites for hydroxylation is 2. The van der Waals surface area contributed by atoms with E-state index in [-0.39, 0.29) is 29.6 Å². The van der Waals surface area contributed by atoms with Crippen LogP contribution < -0.4 is 20.1 Å². The number of anilines is 1. The molecule has 8 heteroatoms. The first-order valence-electron chi connectivity index (χ1n) is 10.8. The maximum Gasteiger partial charge on any atom is 0.258 e. The molecule has 0 saturated heterocycles. The number of carbonyl (C=O) groups excluding carboxylic acids is 2. The van der Waals surface area contributed by atoms with Gasteiger partial charge in [0.15, 0.2) is 5.72 Å². The van der Waals surface area contributed by atoms with Crippen molar-refractivity contribution in [3.05, 3.63) is 35.2 Å². The van der Waals surface area contributed by atoms with Crippen LogP contribution in [-0.4, -0.2) is 34.4 Å². The van der Waals surface area contributed by atoms with Gasteiger partial charge >= 0.3 is 0 Å². The highest BCUT2D eigenvalue weighted by Gasteiger charge is 2.57. The van der Waals surface area contributed by atoms with Crippen molar-refractivity contribution >= 4 is 17.5 Å². The van der Waals surface area contributed by atoms with Gasteiger partial charge in [-0.25, -0.2) is 0 Å². The summed E-state index contributed by atoms with van der Waals surface area (Å²) in [5.74, 6) is 1.24. The summed E-state index contributed by atoms with van der Waals surface area (Å²) in [6.45, 7) is 3.86. The van der Waals surface area contributed by atoms with Gasteiger partial charge in [-0.3, -0.25) is 14.3 Å². The second kappa shape index (κ2) is 7.00. The van der Waals surface area contributed by atoms with Crippen LogP contribution in [0.5, 0.6) is 11.5 Å². The summed E-state index contributed by atoms with van der Waals surface area (Å²) >= 11 is 0. The third kappa shape index (κ3) is 3.07. The molecule has 2 heterocycles. The van der Waals surface area contributed by atoms with E-state index in [0.29, 0.717) is 29.9 Å². The Kier molecular flexibility index (Phi) is 4.50. The van der Waals surface area contributed by atoms with E-state index in [4.69, 9.17) is 9.47 Å². The van der Waals surface area contributed by atoms with Crippen molar-refractivity contribution in [2.24, 2.45) is 24.8 Å². The van der Waals surface area contributed by atoms with Gasteiger partial charge < -0.3 is 20.1 Å². The number of nitrogens with one attached hydrogen (secondary N) is 2. The second-order valence-electron chi connectivity index (χ2n) is 9.05. The standard InChI is InChI=1S/C23H28N4O4/c1-12-20(13(2)27(3)26-12)24-21(28)18-9-15-6-5-14(18)11-23(15)25-22(29)17-8-7-16(30-4)10-19(17)31-23/h7-8,10,14-15,18H,5-6,9,11H2,1-4H3,(H,24,28)(H,25,29)/t14-,15+,18+,23+/m1/s1. The summed E-state index contributed by atoms with van der Waals surface area (Å²) in [7, 11) is 3.47. The van der Waals surface area contributed by atoms with Crippen LogP contribution in [0.4, 0.5) is 5.69 Å². The van der Waals surface area contributed by atoms with E-state index in [2.05, 4.69) is 15.7 Å². The Morgan fingerprint density at radius 2 is 2.16 bits per heavy atom. The Hall–Kier alpha value is -3.03. The van der Waals surface area contributed by atoms with E-state index >= 15 is 0 Å². The van der Waals surface area contributed by atoms with Crippen molar-refractivity contribution < 1.29 is 19.1 Å². The third-order valence-corrected chi connectivity index (χ3v) is 7.36. The van der Waals surface area contributed by atoms with Gasteiger partial charge in [-0.2, -0.15) is 5.10 Å². The molecule has 6 rings (SSSR count). The summed E-state index contributed by atoms with van der Waals surface area (Å²) in [4.78, 5) is 26.0. The van der Waals surface area contributed by atoms with E-state index in [1.807, 2.05) is 20.9 Å². The normalized spacial score (nSPS) is 28.6. The van der Waals surface area contributed by atoms with Gasteiger partial charge in [0.2, 0.25) is 5.91 Å². The first-order chi connectivity index (χ1) is 14.8. The first kappa shape index (κ1) is 19.9.